The molecule has 7 N–H and O–H groups in total. The van der Waals surface area contributed by atoms with Gasteiger partial charge in [0.05, 0.1) is 12.7 Å². The molecule has 3 aromatic carbocycles. The van der Waals surface area contributed by atoms with Gasteiger partial charge in [0.1, 0.15) is 6.04 Å². The molecule has 4 amide bonds. The van der Waals surface area contributed by atoms with Gasteiger partial charge < -0.3 is 36.8 Å². The number of β-amino-alcohol motifs (C(OH)–C–C–N with tert-alkyl or cyclic N) is 1. The summed E-state index contributed by atoms with van der Waals surface area (Å²) in [5, 5.41) is 33.1. The lowest BCUT2D eigenvalue weighted by Crippen LogP contribution is -2.51. The molecule has 0 spiro atoms. The molecule has 3 rings (SSSR count). The molecule has 0 fully saturated rings. The van der Waals surface area contributed by atoms with E-state index in [0.717, 1.165) is 27.8 Å². The number of aliphatic hydroxyl groups excluding tert-OH is 2. The van der Waals surface area contributed by atoms with Crippen LogP contribution in [-0.4, -0.2) is 65.9 Å². The maximum Gasteiger partial charge on any atom is 0.314 e. The van der Waals surface area contributed by atoms with E-state index in [1.807, 2.05) is 92.7 Å². The highest BCUT2D eigenvalue weighted by molar-refractivity contribution is 5.88. The predicted octanol–water partition coefficient (Wildman–Crippen LogP) is 2.63. The number of carbonyl (C=O) groups is 3. The van der Waals surface area contributed by atoms with Gasteiger partial charge in [-0.15, -0.1) is 0 Å². The minimum absolute atomic E-state index is 0.0852. The molecule has 0 radical (unpaired) electrons. The number of urea groups is 1. The summed E-state index contributed by atoms with van der Waals surface area (Å²) in [6, 6.07) is 24.5. The highest BCUT2D eigenvalue weighted by Gasteiger charge is 2.26. The second kappa shape index (κ2) is 17.1. The molecule has 0 aliphatic heterocycles. The van der Waals surface area contributed by atoms with Gasteiger partial charge in [0, 0.05) is 38.6 Å². The third-order valence-corrected chi connectivity index (χ3v) is 7.26. The lowest BCUT2D eigenvalue weighted by atomic mass is 9.98. The van der Waals surface area contributed by atoms with Gasteiger partial charge in [0.15, 0.2) is 0 Å². The number of amides is 4. The maximum atomic E-state index is 13.3. The van der Waals surface area contributed by atoms with Crippen LogP contribution in [0.25, 0.3) is 11.1 Å². The zero-order valence-electron chi connectivity index (χ0n) is 25.7. The van der Waals surface area contributed by atoms with Crippen LogP contribution >= 0.6 is 0 Å². The summed E-state index contributed by atoms with van der Waals surface area (Å²) >= 11 is 0. The zero-order valence-corrected chi connectivity index (χ0v) is 25.7. The average Bonchev–Trinajstić information content (AvgIpc) is 3.03. The van der Waals surface area contributed by atoms with Crippen molar-refractivity contribution in [3.8, 4) is 11.1 Å². The van der Waals surface area contributed by atoms with E-state index in [4.69, 9.17) is 5.11 Å². The Morgan fingerprint density at radius 3 is 2.20 bits per heavy atom. The summed E-state index contributed by atoms with van der Waals surface area (Å²) in [6.07, 6.45) is 0.212. The van der Waals surface area contributed by atoms with E-state index in [9.17, 15) is 19.5 Å². The first-order valence-electron chi connectivity index (χ1n) is 14.9. The Labute approximate surface area is 259 Å². The third-order valence-electron chi connectivity index (χ3n) is 7.26. The number of rotatable bonds is 16. The molecule has 2 atom stereocenters. The Hall–Kier alpha value is -4.25. The summed E-state index contributed by atoms with van der Waals surface area (Å²) in [4.78, 5) is 38.0. The minimum Gasteiger partial charge on any atom is -0.394 e. The van der Waals surface area contributed by atoms with Crippen LogP contribution in [0.3, 0.4) is 0 Å². The Bertz CT molecular complexity index is 1350. The molecule has 236 valence electrons. The molecule has 44 heavy (non-hydrogen) atoms. The van der Waals surface area contributed by atoms with E-state index in [1.54, 1.807) is 7.05 Å². The third kappa shape index (κ3) is 11.4. The highest BCUT2D eigenvalue weighted by atomic mass is 16.3. The van der Waals surface area contributed by atoms with Crippen molar-refractivity contribution in [3.05, 3.63) is 95.6 Å². The van der Waals surface area contributed by atoms with Crippen LogP contribution in [0.2, 0.25) is 0 Å². The second-order valence-corrected chi connectivity index (χ2v) is 11.4. The molecule has 0 saturated heterocycles. The van der Waals surface area contributed by atoms with Crippen LogP contribution < -0.4 is 26.6 Å². The first kappa shape index (κ1) is 34.2. The summed E-state index contributed by atoms with van der Waals surface area (Å²) in [6.45, 7) is 4.12. The Morgan fingerprint density at radius 1 is 0.841 bits per heavy atom. The van der Waals surface area contributed by atoms with Crippen LogP contribution in [0.15, 0.2) is 78.9 Å². The molecule has 10 heteroatoms. The summed E-state index contributed by atoms with van der Waals surface area (Å²) in [5.41, 5.74) is 4.30. The van der Waals surface area contributed by atoms with Crippen LogP contribution in [0.5, 0.6) is 0 Å². The first-order chi connectivity index (χ1) is 21.1. The van der Waals surface area contributed by atoms with Crippen LogP contribution in [0.4, 0.5) is 4.79 Å². The van der Waals surface area contributed by atoms with Crippen molar-refractivity contribution in [2.75, 3.05) is 20.2 Å². The van der Waals surface area contributed by atoms with Crippen molar-refractivity contribution >= 4 is 17.8 Å². The largest absolute Gasteiger partial charge is 0.394 e. The van der Waals surface area contributed by atoms with Gasteiger partial charge in [0.25, 0.3) is 0 Å². The zero-order chi connectivity index (χ0) is 32.0. The van der Waals surface area contributed by atoms with E-state index in [2.05, 4.69) is 26.6 Å². The van der Waals surface area contributed by atoms with Gasteiger partial charge >= 0.3 is 6.03 Å². The van der Waals surface area contributed by atoms with Crippen molar-refractivity contribution in [1.82, 2.24) is 26.6 Å². The molecule has 0 bridgehead atoms. The molecular weight excluding hydrogens is 558 g/mol. The smallest absolute Gasteiger partial charge is 0.314 e. The van der Waals surface area contributed by atoms with Gasteiger partial charge in [0.2, 0.25) is 11.8 Å². The fraction of sp³-hybridized carbons (Fsp3) is 0.382. The number of hydrogen-bond donors (Lipinski definition) is 7. The van der Waals surface area contributed by atoms with Crippen LogP contribution in [-0.2, 0) is 29.1 Å². The Balaban J connectivity index is 1.63. The first-order valence-corrected chi connectivity index (χ1v) is 14.9. The number of carbonyl (C=O) groups excluding carboxylic acids is 3. The normalized spacial score (nSPS) is 12.6. The lowest BCUT2D eigenvalue weighted by molar-refractivity contribution is -0.129. The van der Waals surface area contributed by atoms with Crippen LogP contribution in [0.1, 0.15) is 43.4 Å². The summed E-state index contributed by atoms with van der Waals surface area (Å²) in [5.74, 6) is -0.562. The molecular formula is C34H45N5O5. The van der Waals surface area contributed by atoms with E-state index in [1.165, 1.54) is 0 Å². The van der Waals surface area contributed by atoms with Crippen molar-refractivity contribution in [3.63, 3.8) is 0 Å². The van der Waals surface area contributed by atoms with Gasteiger partial charge in [-0.2, -0.15) is 0 Å². The van der Waals surface area contributed by atoms with Crippen LogP contribution in [0, 0.1) is 0 Å². The molecule has 0 aliphatic carbocycles. The van der Waals surface area contributed by atoms with E-state index < -0.39 is 17.7 Å². The lowest BCUT2D eigenvalue weighted by Gasteiger charge is -2.28. The number of hydrogen-bond acceptors (Lipinski definition) is 6. The monoisotopic (exact) mass is 603 g/mol. The average molecular weight is 604 g/mol. The standard InChI is InChI=1S/C34H45N5O5/c1-34(2,38-22-28(41)23-40)19-31(42)39-30(18-15-24-9-5-4-6-10-24)32(43)36-20-25-13-16-26(17-14-25)29-12-8-7-11-27(29)21-37-33(44)35-3/h4-14,16-17,28,30,38,40-41H,15,18-23H2,1-3H3,(H,36,43)(H,39,42)(H2,35,37,44)/t28-,30+/m0/s1. The number of benzene rings is 3. The number of aliphatic hydroxyl groups is 2. The van der Waals surface area contributed by atoms with Gasteiger partial charge in [-0.3, -0.25) is 9.59 Å². The molecule has 0 heterocycles. The van der Waals surface area contributed by atoms with Gasteiger partial charge in [-0.05, 0) is 54.5 Å². The fourth-order valence-corrected chi connectivity index (χ4v) is 4.73. The van der Waals surface area contributed by atoms with E-state index in [-0.39, 0.29) is 37.4 Å². The topological polar surface area (TPSA) is 152 Å². The second-order valence-electron chi connectivity index (χ2n) is 11.4. The summed E-state index contributed by atoms with van der Waals surface area (Å²) in [7, 11) is 1.58. The molecule has 10 nitrogen and oxygen atoms in total. The SMILES string of the molecule is CNC(=O)NCc1ccccc1-c1ccc(CNC(=O)[C@@H](CCc2ccccc2)NC(=O)CC(C)(C)NC[C@H](O)CO)cc1. The fourth-order valence-electron chi connectivity index (χ4n) is 4.73. The summed E-state index contributed by atoms with van der Waals surface area (Å²) < 4.78 is 0. The van der Waals surface area contributed by atoms with E-state index in [0.29, 0.717) is 25.9 Å². The van der Waals surface area contributed by atoms with E-state index >= 15 is 0 Å². The van der Waals surface area contributed by atoms with Crippen molar-refractivity contribution in [1.29, 1.82) is 0 Å². The number of nitrogens with one attached hydrogen (secondary N) is 5. The molecule has 0 aliphatic rings. The molecule has 3 aromatic rings. The van der Waals surface area contributed by atoms with Crippen molar-refractivity contribution < 1.29 is 24.6 Å². The Kier molecular flexibility index (Phi) is 13.3. The molecule has 0 aromatic heterocycles. The van der Waals surface area contributed by atoms with Gasteiger partial charge in [-0.25, -0.2) is 4.79 Å². The highest BCUT2D eigenvalue weighted by Crippen LogP contribution is 2.24. The van der Waals surface area contributed by atoms with Crippen molar-refractivity contribution in [2.45, 2.75) is 63.9 Å². The maximum absolute atomic E-state index is 13.3. The predicted molar refractivity (Wildman–Crippen MR) is 172 cm³/mol. The molecule has 0 unspecified atom stereocenters. The Morgan fingerprint density at radius 2 is 1.52 bits per heavy atom. The van der Waals surface area contributed by atoms with Gasteiger partial charge in [-0.1, -0.05) is 78.9 Å². The van der Waals surface area contributed by atoms with Crippen molar-refractivity contribution in [2.24, 2.45) is 0 Å². The minimum atomic E-state index is -0.920. The quantitative estimate of drug-likeness (QED) is 0.134. The number of aryl methyl sites for hydroxylation is 1. The molecule has 0 saturated carbocycles.